The summed E-state index contributed by atoms with van der Waals surface area (Å²) in [5.74, 6) is 0.274. The van der Waals surface area contributed by atoms with Crippen LogP contribution in [0.2, 0.25) is 0 Å². The third-order valence-corrected chi connectivity index (χ3v) is 7.11. The highest BCUT2D eigenvalue weighted by Crippen LogP contribution is 2.32. The van der Waals surface area contributed by atoms with Crippen molar-refractivity contribution < 1.29 is 23.5 Å². The van der Waals surface area contributed by atoms with Gasteiger partial charge in [-0.25, -0.2) is 4.39 Å². The van der Waals surface area contributed by atoms with Crippen LogP contribution < -0.4 is 10.1 Å². The Morgan fingerprint density at radius 2 is 1.94 bits per heavy atom. The Morgan fingerprint density at radius 3 is 2.64 bits per heavy atom. The molecule has 3 atom stereocenters. The maximum atomic E-state index is 13.6. The fraction of sp³-hybridized carbons (Fsp3) is 0.500. The van der Waals surface area contributed by atoms with Gasteiger partial charge >= 0.3 is 0 Å². The molecule has 0 saturated heterocycles. The van der Waals surface area contributed by atoms with Gasteiger partial charge in [0.1, 0.15) is 18.2 Å². The minimum Gasteiger partial charge on any atom is -0.491 e. The summed E-state index contributed by atoms with van der Waals surface area (Å²) in [7, 11) is 3.44. The summed E-state index contributed by atoms with van der Waals surface area (Å²) in [5.41, 5.74) is 0.989. The van der Waals surface area contributed by atoms with Crippen molar-refractivity contribution in [1.82, 2.24) is 9.80 Å². The molecule has 7 nitrogen and oxygen atoms in total. The second-order valence-electron chi connectivity index (χ2n) is 10.2. The molecule has 2 aromatic carbocycles. The Bertz CT molecular complexity index is 1090. The van der Waals surface area contributed by atoms with Crippen molar-refractivity contribution in [2.24, 2.45) is 11.8 Å². The zero-order valence-electron chi connectivity index (χ0n) is 21.5. The third kappa shape index (κ3) is 6.42. The van der Waals surface area contributed by atoms with Crippen molar-refractivity contribution in [3.05, 3.63) is 59.4 Å². The van der Waals surface area contributed by atoms with Crippen LogP contribution >= 0.6 is 0 Å². The fourth-order valence-electron chi connectivity index (χ4n) is 4.65. The van der Waals surface area contributed by atoms with Gasteiger partial charge in [-0.2, -0.15) is 0 Å². The Morgan fingerprint density at radius 1 is 1.17 bits per heavy atom. The number of hydrogen-bond acceptors (Lipinski definition) is 5. The molecule has 0 aromatic heterocycles. The number of carbonyl (C=O) groups excluding carboxylic acids is 2. The average molecular weight is 498 g/mol. The predicted molar refractivity (Wildman–Crippen MR) is 137 cm³/mol. The van der Waals surface area contributed by atoms with Gasteiger partial charge in [-0.3, -0.25) is 14.5 Å². The number of rotatable bonds is 5. The van der Waals surface area contributed by atoms with Crippen molar-refractivity contribution >= 4 is 17.5 Å². The first-order chi connectivity index (χ1) is 17.2. The predicted octanol–water partition coefficient (Wildman–Crippen LogP) is 4.29. The third-order valence-electron chi connectivity index (χ3n) is 7.11. The number of methoxy groups -OCH3 is 1. The molecule has 0 bridgehead atoms. The van der Waals surface area contributed by atoms with Crippen LogP contribution in [-0.4, -0.2) is 74.2 Å². The van der Waals surface area contributed by atoms with E-state index in [1.807, 2.05) is 0 Å². The topological polar surface area (TPSA) is 71.1 Å². The minimum absolute atomic E-state index is 0.118. The molecular weight excluding hydrogens is 461 g/mol. The van der Waals surface area contributed by atoms with Crippen molar-refractivity contribution in [1.29, 1.82) is 0 Å². The summed E-state index contributed by atoms with van der Waals surface area (Å²) >= 11 is 0. The van der Waals surface area contributed by atoms with Gasteiger partial charge in [0.15, 0.2) is 0 Å². The Kier molecular flexibility index (Phi) is 8.26. The molecule has 1 fully saturated rings. The molecule has 1 heterocycles. The first-order valence-corrected chi connectivity index (χ1v) is 12.6. The minimum atomic E-state index is -0.489. The van der Waals surface area contributed by atoms with E-state index in [1.165, 1.54) is 37.1 Å². The number of halogens is 1. The van der Waals surface area contributed by atoms with Gasteiger partial charge in [0.05, 0.1) is 11.7 Å². The van der Waals surface area contributed by atoms with Gasteiger partial charge in [0, 0.05) is 51.1 Å². The van der Waals surface area contributed by atoms with Gasteiger partial charge in [-0.05, 0) is 68.0 Å². The molecule has 0 spiro atoms. The van der Waals surface area contributed by atoms with Crippen molar-refractivity contribution in [3.8, 4) is 5.75 Å². The lowest BCUT2D eigenvalue weighted by Crippen LogP contribution is -2.47. The normalized spacial score (nSPS) is 23.8. The molecule has 0 radical (unpaired) electrons. The molecular formula is C28H36FN3O4. The number of benzene rings is 2. The van der Waals surface area contributed by atoms with Crippen LogP contribution in [0.4, 0.5) is 10.1 Å². The molecule has 2 amide bonds. The highest BCUT2D eigenvalue weighted by atomic mass is 19.1. The summed E-state index contributed by atoms with van der Waals surface area (Å²) in [4.78, 5) is 30.3. The summed E-state index contributed by atoms with van der Waals surface area (Å²) < 4.78 is 25.6. The quantitative estimate of drug-likeness (QED) is 0.667. The zero-order valence-corrected chi connectivity index (χ0v) is 21.5. The zero-order chi connectivity index (χ0) is 25.8. The van der Waals surface area contributed by atoms with Crippen molar-refractivity contribution in [3.63, 3.8) is 0 Å². The van der Waals surface area contributed by atoms with Gasteiger partial charge in [-0.15, -0.1) is 0 Å². The van der Waals surface area contributed by atoms with E-state index in [1.54, 1.807) is 37.3 Å². The second kappa shape index (κ2) is 11.4. The monoisotopic (exact) mass is 497 g/mol. The number of likely N-dealkylation sites (N-methyl/N-ethyl adjacent to an activating group) is 1. The summed E-state index contributed by atoms with van der Waals surface area (Å²) in [6, 6.07) is 10.7. The van der Waals surface area contributed by atoms with Gasteiger partial charge < -0.3 is 19.7 Å². The average Bonchev–Trinajstić information content (AvgIpc) is 3.68. The number of carbonyl (C=O) groups is 2. The van der Waals surface area contributed by atoms with Crippen molar-refractivity contribution in [2.45, 2.75) is 38.8 Å². The lowest BCUT2D eigenvalue weighted by Gasteiger charge is -2.36. The molecule has 1 N–H and O–H groups in total. The number of amides is 2. The number of nitrogens with one attached hydrogen (secondary N) is 1. The Labute approximate surface area is 212 Å². The SMILES string of the molecule is CO[C@H]1CN(C)C(=O)c2cc(NC(=O)c3cccc(F)c3)ccc2OC[C@@H](C)N(CC2CC2)C[C@H]1C. The van der Waals surface area contributed by atoms with Crippen LogP contribution in [0, 0.1) is 17.7 Å². The van der Waals surface area contributed by atoms with E-state index in [2.05, 4.69) is 24.1 Å². The molecule has 194 valence electrons. The second-order valence-corrected chi connectivity index (χ2v) is 10.2. The number of nitrogens with zero attached hydrogens (tertiary/aromatic N) is 2. The van der Waals surface area contributed by atoms with E-state index in [0.717, 1.165) is 19.0 Å². The molecule has 8 heteroatoms. The molecule has 0 unspecified atom stereocenters. The van der Waals surface area contributed by atoms with Crippen molar-refractivity contribution in [2.75, 3.05) is 45.7 Å². The number of hydrogen-bond donors (Lipinski definition) is 1. The number of anilines is 1. The summed E-state index contributed by atoms with van der Waals surface area (Å²) in [6.07, 6.45) is 2.43. The van der Waals surface area contributed by atoms with E-state index < -0.39 is 11.7 Å². The smallest absolute Gasteiger partial charge is 0.257 e. The van der Waals surface area contributed by atoms with E-state index in [9.17, 15) is 14.0 Å². The molecule has 2 aromatic rings. The van der Waals surface area contributed by atoms with Gasteiger partial charge in [0.25, 0.3) is 11.8 Å². The number of fused-ring (bicyclic) bond motifs is 1. The van der Waals surface area contributed by atoms with Crippen LogP contribution in [-0.2, 0) is 4.74 Å². The molecule has 36 heavy (non-hydrogen) atoms. The maximum absolute atomic E-state index is 13.6. The standard InChI is InChI=1S/C28H36FN3O4/c1-18-14-32(15-20-8-9-20)19(2)17-36-25-11-10-23(30-27(33)21-6-5-7-22(29)12-21)13-24(25)28(34)31(3)16-26(18)35-4/h5-7,10-13,18-20,26H,8-9,14-17H2,1-4H3,(H,30,33)/t18-,19-,26+/m1/s1. The molecule has 2 aliphatic rings. The molecule has 4 rings (SSSR count). The van der Waals surface area contributed by atoms with Gasteiger partial charge in [0.2, 0.25) is 0 Å². The first-order valence-electron chi connectivity index (χ1n) is 12.6. The molecule has 1 aliphatic carbocycles. The Hall–Kier alpha value is -2.97. The van der Waals surface area contributed by atoms with Gasteiger partial charge in [-0.1, -0.05) is 13.0 Å². The maximum Gasteiger partial charge on any atom is 0.257 e. The fourth-order valence-corrected chi connectivity index (χ4v) is 4.65. The highest BCUT2D eigenvalue weighted by Gasteiger charge is 2.31. The Balaban J connectivity index is 1.61. The van der Waals surface area contributed by atoms with Crippen LogP contribution in [0.3, 0.4) is 0 Å². The lowest BCUT2D eigenvalue weighted by atomic mass is 10.0. The highest BCUT2D eigenvalue weighted by molar-refractivity contribution is 6.05. The summed E-state index contributed by atoms with van der Waals surface area (Å²) in [5, 5.41) is 2.76. The van der Waals surface area contributed by atoms with Crippen LogP contribution in [0.25, 0.3) is 0 Å². The van der Waals surface area contributed by atoms with E-state index in [4.69, 9.17) is 9.47 Å². The molecule has 1 aliphatic heterocycles. The van der Waals surface area contributed by atoms with E-state index >= 15 is 0 Å². The lowest BCUT2D eigenvalue weighted by molar-refractivity contribution is 0.00994. The van der Waals surface area contributed by atoms with Crippen LogP contribution in [0.1, 0.15) is 47.4 Å². The molecule has 1 saturated carbocycles. The van der Waals surface area contributed by atoms with E-state index in [-0.39, 0.29) is 29.5 Å². The van der Waals surface area contributed by atoms with Crippen LogP contribution in [0.15, 0.2) is 42.5 Å². The largest absolute Gasteiger partial charge is 0.491 e. The first kappa shape index (κ1) is 26.1. The number of ether oxygens (including phenoxy) is 2. The summed E-state index contributed by atoms with van der Waals surface area (Å²) in [6.45, 7) is 7.11. The van der Waals surface area contributed by atoms with Crippen LogP contribution in [0.5, 0.6) is 5.75 Å². The van der Waals surface area contributed by atoms with E-state index in [0.29, 0.717) is 30.2 Å².